The third-order valence-corrected chi connectivity index (χ3v) is 6.77. The van der Waals surface area contributed by atoms with Crippen molar-refractivity contribution >= 4 is 21.5 Å². The van der Waals surface area contributed by atoms with Crippen LogP contribution >= 0.6 is 0 Å². The first-order chi connectivity index (χ1) is 31.0. The molecule has 44 heavy (non-hydrogen) atoms. The van der Waals surface area contributed by atoms with Gasteiger partial charge in [0.2, 0.25) is 0 Å². The van der Waals surface area contributed by atoms with Gasteiger partial charge in [-0.15, -0.1) is 0 Å². The van der Waals surface area contributed by atoms with Crippen molar-refractivity contribution in [2.24, 2.45) is 0 Å². The number of aromatic nitrogens is 2. The highest BCUT2D eigenvalue weighted by Crippen LogP contribution is 2.39. The molecule has 0 atom stereocenters. The van der Waals surface area contributed by atoms with Crippen LogP contribution in [-0.4, -0.2) is 9.97 Å². The average molecular weight is 583 g/mol. The second-order valence-electron chi connectivity index (χ2n) is 9.33. The van der Waals surface area contributed by atoms with Gasteiger partial charge in [-0.2, -0.15) is 0 Å². The molecule has 0 unspecified atom stereocenters. The highest BCUT2D eigenvalue weighted by Gasteiger charge is 2.17. The molecule has 1 heterocycles. The summed E-state index contributed by atoms with van der Waals surface area (Å²) in [7, 11) is 0. The molecule has 0 fully saturated rings. The Morgan fingerprint density at radius 2 is 0.750 bits per heavy atom. The summed E-state index contributed by atoms with van der Waals surface area (Å²) in [6.07, 6.45) is 0. The predicted octanol–water partition coefficient (Wildman–Crippen LogP) is 11.1. The van der Waals surface area contributed by atoms with E-state index in [1.165, 1.54) is 0 Å². The fourth-order valence-electron chi connectivity index (χ4n) is 4.80. The van der Waals surface area contributed by atoms with Crippen molar-refractivity contribution in [3.63, 3.8) is 0 Å². The zero-order valence-electron chi connectivity index (χ0n) is 44.4. The summed E-state index contributed by atoms with van der Waals surface area (Å²) in [5.74, 6) is -0.188. The topological polar surface area (TPSA) is 25.8 Å². The number of hydrogen-bond acceptors (Lipinski definition) is 2. The maximum Gasteiger partial charge on any atom is 0.160 e. The SMILES string of the molecule is [2H]c1c([2H])c([2H])c(-c2c([2H])c([2H])c(-c3cc(-c4c([2H])c([2H])c(-c5c([2H])c([2H])c([2H])c([2H])c5[2H])c5c([2H])c([2H])c([2H])c([2H])c45)nc(-c4ccccc4)n3)c3c([2H])c([2H])c([2H])c([2H])c23)c([2H])c1[2H]. The quantitative estimate of drug-likeness (QED) is 0.202. The van der Waals surface area contributed by atoms with Gasteiger partial charge in [0.05, 0.1) is 41.5 Å². The van der Waals surface area contributed by atoms with E-state index in [0.717, 1.165) is 6.07 Å². The van der Waals surface area contributed by atoms with E-state index in [-0.39, 0.29) is 22.8 Å². The molecular weight excluding hydrogens is 532 g/mol. The number of nitrogens with zero attached hydrogens (tertiary/aromatic N) is 2. The number of hydrogen-bond donors (Lipinski definition) is 0. The van der Waals surface area contributed by atoms with Crippen LogP contribution in [0.2, 0.25) is 0 Å². The fraction of sp³-hybridized carbons (Fsp3) is 0. The first kappa shape index (κ1) is 11.7. The molecule has 1 aromatic heterocycles. The van der Waals surface area contributed by atoms with E-state index in [1.54, 1.807) is 30.3 Å². The molecule has 0 spiro atoms. The Hall–Kier alpha value is -5.86. The molecule has 2 nitrogen and oxygen atoms in total. The molecule has 0 saturated carbocycles. The minimum absolute atomic E-state index is 0.188. The highest BCUT2D eigenvalue weighted by atomic mass is 14.9. The van der Waals surface area contributed by atoms with Crippen LogP contribution < -0.4 is 0 Å². The number of fused-ring (bicyclic) bond motifs is 2. The first-order valence-corrected chi connectivity index (χ1v) is 13.1. The summed E-state index contributed by atoms with van der Waals surface area (Å²) >= 11 is 0. The third kappa shape index (κ3) is 4.63. The molecule has 0 saturated heterocycles. The van der Waals surface area contributed by atoms with Crippen LogP contribution in [0.25, 0.3) is 77.7 Å². The maximum atomic E-state index is 9.47. The van der Waals surface area contributed by atoms with E-state index >= 15 is 0 Å². The van der Waals surface area contributed by atoms with Gasteiger partial charge in [0.1, 0.15) is 0 Å². The largest absolute Gasteiger partial charge is 0.228 e. The Balaban J connectivity index is 1.60. The minimum Gasteiger partial charge on any atom is -0.228 e. The molecular formula is C42H28N2. The van der Waals surface area contributed by atoms with Crippen LogP contribution in [0.15, 0.2) is 169 Å². The molecule has 206 valence electrons. The second kappa shape index (κ2) is 11.1. The summed E-state index contributed by atoms with van der Waals surface area (Å²) in [5.41, 5.74) is -3.69. The smallest absolute Gasteiger partial charge is 0.160 e. The molecule has 0 radical (unpaired) electrons. The lowest BCUT2D eigenvalue weighted by Gasteiger charge is -2.15. The van der Waals surface area contributed by atoms with Crippen LogP contribution in [0.5, 0.6) is 0 Å². The van der Waals surface area contributed by atoms with Crippen molar-refractivity contribution in [3.05, 3.63) is 169 Å². The highest BCUT2D eigenvalue weighted by molar-refractivity contribution is 6.07. The van der Waals surface area contributed by atoms with Crippen LogP contribution in [0.3, 0.4) is 0 Å². The van der Waals surface area contributed by atoms with E-state index in [0.29, 0.717) is 0 Å². The van der Waals surface area contributed by atoms with E-state index < -0.39 is 188 Å². The zero-order valence-corrected chi connectivity index (χ0v) is 22.4. The normalized spacial score (nSPS) is 18.2. The molecule has 0 amide bonds. The summed E-state index contributed by atoms with van der Waals surface area (Å²) < 4.78 is 193. The van der Waals surface area contributed by atoms with Crippen molar-refractivity contribution in [3.8, 4) is 56.2 Å². The van der Waals surface area contributed by atoms with Crippen molar-refractivity contribution in [2.75, 3.05) is 0 Å². The third-order valence-electron chi connectivity index (χ3n) is 6.77. The van der Waals surface area contributed by atoms with Crippen molar-refractivity contribution < 1.29 is 30.2 Å². The monoisotopic (exact) mass is 582 g/mol. The first-order valence-electron chi connectivity index (χ1n) is 24.1. The van der Waals surface area contributed by atoms with Gasteiger partial charge in [0.15, 0.2) is 5.82 Å². The fourth-order valence-corrected chi connectivity index (χ4v) is 4.80. The Labute approximate surface area is 287 Å². The molecule has 8 rings (SSSR count). The summed E-state index contributed by atoms with van der Waals surface area (Å²) in [5, 5.41) is -1.95. The van der Waals surface area contributed by atoms with Crippen LogP contribution in [0.1, 0.15) is 30.2 Å². The van der Waals surface area contributed by atoms with Crippen molar-refractivity contribution in [1.29, 1.82) is 0 Å². The van der Waals surface area contributed by atoms with Crippen LogP contribution in [-0.2, 0) is 0 Å². The molecule has 2 heteroatoms. The lowest BCUT2D eigenvalue weighted by atomic mass is 9.92. The van der Waals surface area contributed by atoms with E-state index in [1.807, 2.05) is 0 Å². The predicted molar refractivity (Wildman–Crippen MR) is 184 cm³/mol. The van der Waals surface area contributed by atoms with Gasteiger partial charge in [0.25, 0.3) is 0 Å². The summed E-state index contributed by atoms with van der Waals surface area (Å²) in [6, 6.07) is -8.61. The Bertz CT molecular complexity index is 3240. The van der Waals surface area contributed by atoms with Gasteiger partial charge in [-0.3, -0.25) is 0 Å². The Kier molecular flexibility index (Phi) is 2.94. The zero-order chi connectivity index (χ0) is 48.4. The average Bonchev–Trinajstić information content (AvgIpc) is 3.31. The lowest BCUT2D eigenvalue weighted by molar-refractivity contribution is 1.19. The molecule has 0 bridgehead atoms. The molecule has 0 aliphatic heterocycles. The second-order valence-corrected chi connectivity index (χ2v) is 9.33. The van der Waals surface area contributed by atoms with E-state index in [9.17, 15) is 5.48 Å². The maximum absolute atomic E-state index is 9.47. The van der Waals surface area contributed by atoms with Gasteiger partial charge in [-0.25, -0.2) is 9.97 Å². The van der Waals surface area contributed by atoms with Crippen molar-refractivity contribution in [2.45, 2.75) is 0 Å². The van der Waals surface area contributed by atoms with Gasteiger partial charge in [0, 0.05) is 16.7 Å². The minimum atomic E-state index is -0.834. The van der Waals surface area contributed by atoms with Crippen molar-refractivity contribution in [1.82, 2.24) is 9.97 Å². The Morgan fingerprint density at radius 1 is 0.364 bits per heavy atom. The molecule has 0 aliphatic carbocycles. The summed E-state index contributed by atoms with van der Waals surface area (Å²) in [4.78, 5) is 9.35. The summed E-state index contributed by atoms with van der Waals surface area (Å²) in [6.45, 7) is 0. The van der Waals surface area contributed by atoms with E-state index in [2.05, 4.69) is 9.97 Å². The van der Waals surface area contributed by atoms with Crippen LogP contribution in [0.4, 0.5) is 0 Å². The van der Waals surface area contributed by atoms with Gasteiger partial charge in [-0.05, 0) is 49.9 Å². The molecule has 0 N–H and O–H groups in total. The van der Waals surface area contributed by atoms with Gasteiger partial charge < -0.3 is 0 Å². The van der Waals surface area contributed by atoms with Gasteiger partial charge in [-0.1, -0.05) is 163 Å². The standard InChI is InChI=1S/C42H28N2/c1-4-14-29(15-5-1)32-24-26-38(36-22-12-10-20-34(32)36)40-28-41(44-42(43-40)31-18-8-3-9-19-31)39-27-25-33(30-16-6-2-7-17-30)35-21-11-13-23-37(35)39/h1-28H/i1D,2D,4D,5D,6D,7D,10D,11D,12D,13D,14D,15D,16D,17D,20D,21D,22D,23D,24D,25D,26D,27D. The molecule has 7 aromatic carbocycles. The number of rotatable bonds is 5. The Morgan fingerprint density at radius 3 is 1.20 bits per heavy atom. The van der Waals surface area contributed by atoms with E-state index in [4.69, 9.17) is 24.7 Å². The number of benzene rings is 7. The van der Waals surface area contributed by atoms with Crippen LogP contribution in [0, 0.1) is 0 Å². The molecule has 8 aromatic rings. The van der Waals surface area contributed by atoms with Gasteiger partial charge >= 0.3 is 0 Å². The molecule has 0 aliphatic rings. The lowest BCUT2D eigenvalue weighted by Crippen LogP contribution is -1.97.